The van der Waals surface area contributed by atoms with Gasteiger partial charge in [-0.2, -0.15) is 0 Å². The standard InChI is InChI=1S/C24H19ClF3N3O3/c1-14(29-2)15-3-5-16(6-4-15)21(32)11-17-7-9-19(34-24(26,27)28)12-20(17)23(33)31-22-10-8-18(25)13-30-22/h3-10,12-13H,11H2,1-2H3,(H,30,31,33). The molecule has 0 radical (unpaired) electrons. The summed E-state index contributed by atoms with van der Waals surface area (Å²) in [4.78, 5) is 33.7. The second-order valence-electron chi connectivity index (χ2n) is 7.17. The number of Topliss-reactive ketones (excluding diaryl/α,β-unsaturated/α-hetero) is 1. The van der Waals surface area contributed by atoms with E-state index >= 15 is 0 Å². The number of ether oxygens (including phenoxy) is 1. The molecule has 0 bridgehead atoms. The summed E-state index contributed by atoms with van der Waals surface area (Å²) >= 11 is 5.78. The number of anilines is 1. The van der Waals surface area contributed by atoms with E-state index in [0.29, 0.717) is 10.6 Å². The van der Waals surface area contributed by atoms with Crippen molar-refractivity contribution in [2.75, 3.05) is 12.4 Å². The lowest BCUT2D eigenvalue weighted by molar-refractivity contribution is -0.274. The van der Waals surface area contributed by atoms with Gasteiger partial charge in [0.1, 0.15) is 11.6 Å². The maximum Gasteiger partial charge on any atom is 0.573 e. The molecule has 0 spiro atoms. The molecule has 0 fully saturated rings. The van der Waals surface area contributed by atoms with E-state index in [4.69, 9.17) is 11.6 Å². The third kappa shape index (κ3) is 6.64. The van der Waals surface area contributed by atoms with Gasteiger partial charge in [-0.15, -0.1) is 13.2 Å². The first-order valence-corrected chi connectivity index (χ1v) is 10.3. The summed E-state index contributed by atoms with van der Waals surface area (Å²) in [6.07, 6.45) is -3.85. The Bertz CT molecular complexity index is 1220. The number of pyridine rings is 1. The Morgan fingerprint density at radius 1 is 1.06 bits per heavy atom. The van der Waals surface area contributed by atoms with Crippen molar-refractivity contribution in [1.29, 1.82) is 0 Å². The molecule has 3 aromatic rings. The maximum absolute atomic E-state index is 12.9. The van der Waals surface area contributed by atoms with Crippen LogP contribution in [0.4, 0.5) is 19.0 Å². The van der Waals surface area contributed by atoms with Crippen LogP contribution in [0.5, 0.6) is 5.75 Å². The third-order valence-corrected chi connectivity index (χ3v) is 5.06. The summed E-state index contributed by atoms with van der Waals surface area (Å²) in [5.74, 6) is -1.52. The van der Waals surface area contributed by atoms with E-state index in [2.05, 4.69) is 20.0 Å². The third-order valence-electron chi connectivity index (χ3n) is 4.84. The van der Waals surface area contributed by atoms with Crippen molar-refractivity contribution in [2.45, 2.75) is 19.7 Å². The van der Waals surface area contributed by atoms with Gasteiger partial charge in [-0.25, -0.2) is 4.98 Å². The first kappa shape index (κ1) is 24.9. The average Bonchev–Trinajstić information content (AvgIpc) is 2.80. The van der Waals surface area contributed by atoms with Gasteiger partial charge in [0, 0.05) is 36.5 Å². The largest absolute Gasteiger partial charge is 0.573 e. The lowest BCUT2D eigenvalue weighted by atomic mass is 9.97. The van der Waals surface area contributed by atoms with Crippen LogP contribution in [-0.2, 0) is 6.42 Å². The van der Waals surface area contributed by atoms with Crippen LogP contribution in [0.2, 0.25) is 5.02 Å². The Morgan fingerprint density at radius 3 is 2.32 bits per heavy atom. The lowest BCUT2D eigenvalue weighted by Crippen LogP contribution is -2.20. The first-order chi connectivity index (χ1) is 16.1. The summed E-state index contributed by atoms with van der Waals surface area (Å²) < 4.78 is 42.0. The fourth-order valence-corrected chi connectivity index (χ4v) is 3.16. The van der Waals surface area contributed by atoms with E-state index in [1.807, 2.05) is 6.92 Å². The summed E-state index contributed by atoms with van der Waals surface area (Å²) in [5, 5.41) is 2.83. The fourth-order valence-electron chi connectivity index (χ4n) is 3.05. The van der Waals surface area contributed by atoms with Gasteiger partial charge < -0.3 is 10.1 Å². The van der Waals surface area contributed by atoms with Crippen LogP contribution < -0.4 is 10.1 Å². The number of hydrogen-bond acceptors (Lipinski definition) is 5. The summed E-state index contributed by atoms with van der Waals surface area (Å²) in [6, 6.07) is 12.9. The Hall–Kier alpha value is -3.72. The molecule has 0 aliphatic carbocycles. The van der Waals surface area contributed by atoms with Crippen LogP contribution in [0, 0.1) is 0 Å². The van der Waals surface area contributed by atoms with E-state index in [-0.39, 0.29) is 29.1 Å². The molecule has 0 aliphatic rings. The number of alkyl halides is 3. The van der Waals surface area contributed by atoms with Crippen LogP contribution in [0.15, 0.2) is 65.8 Å². The molecule has 0 aliphatic heterocycles. The van der Waals surface area contributed by atoms with Crippen molar-refractivity contribution in [1.82, 2.24) is 4.98 Å². The Morgan fingerprint density at radius 2 is 1.74 bits per heavy atom. The van der Waals surface area contributed by atoms with E-state index < -0.39 is 18.0 Å². The molecule has 3 rings (SSSR count). The minimum Gasteiger partial charge on any atom is -0.406 e. The number of aliphatic imine (C=N–C) groups is 1. The molecule has 0 unspecified atom stereocenters. The predicted octanol–water partition coefficient (Wildman–Crippen LogP) is 5.75. The second-order valence-corrected chi connectivity index (χ2v) is 7.61. The molecule has 10 heteroatoms. The zero-order valence-electron chi connectivity index (χ0n) is 18.1. The zero-order valence-corrected chi connectivity index (χ0v) is 18.9. The van der Waals surface area contributed by atoms with Gasteiger partial charge in [0.05, 0.1) is 5.02 Å². The molecular weight excluding hydrogens is 471 g/mol. The molecule has 1 aromatic heterocycles. The molecule has 1 heterocycles. The van der Waals surface area contributed by atoms with E-state index in [1.54, 1.807) is 31.3 Å². The van der Waals surface area contributed by atoms with Crippen LogP contribution in [-0.4, -0.2) is 35.8 Å². The van der Waals surface area contributed by atoms with Crippen LogP contribution in [0.3, 0.4) is 0 Å². The highest BCUT2D eigenvalue weighted by Gasteiger charge is 2.31. The van der Waals surface area contributed by atoms with E-state index in [0.717, 1.165) is 23.4 Å². The van der Waals surface area contributed by atoms with E-state index in [9.17, 15) is 22.8 Å². The van der Waals surface area contributed by atoms with Crippen molar-refractivity contribution < 1.29 is 27.5 Å². The van der Waals surface area contributed by atoms with Crippen molar-refractivity contribution in [3.63, 3.8) is 0 Å². The molecule has 0 saturated heterocycles. The number of hydrogen-bond donors (Lipinski definition) is 1. The molecule has 0 saturated carbocycles. The van der Waals surface area contributed by atoms with Crippen LogP contribution in [0.25, 0.3) is 0 Å². The number of benzene rings is 2. The highest BCUT2D eigenvalue weighted by molar-refractivity contribution is 6.30. The normalized spacial score (nSPS) is 11.8. The number of halogens is 4. The van der Waals surface area contributed by atoms with Crippen molar-refractivity contribution >= 4 is 34.8 Å². The van der Waals surface area contributed by atoms with Gasteiger partial charge in [-0.1, -0.05) is 41.9 Å². The zero-order chi connectivity index (χ0) is 24.9. The number of amides is 1. The minimum atomic E-state index is -4.94. The fraction of sp³-hybridized carbons (Fsp3) is 0.167. The highest BCUT2D eigenvalue weighted by Crippen LogP contribution is 2.26. The van der Waals surface area contributed by atoms with E-state index in [1.165, 1.54) is 24.4 Å². The number of nitrogens with one attached hydrogen (secondary N) is 1. The second kappa shape index (κ2) is 10.5. The molecule has 0 atom stereocenters. The number of nitrogens with zero attached hydrogens (tertiary/aromatic N) is 2. The van der Waals surface area contributed by atoms with Gasteiger partial charge in [-0.3, -0.25) is 14.6 Å². The van der Waals surface area contributed by atoms with Crippen LogP contribution in [0.1, 0.15) is 38.8 Å². The topological polar surface area (TPSA) is 80.6 Å². The van der Waals surface area contributed by atoms with Crippen LogP contribution >= 0.6 is 11.6 Å². The monoisotopic (exact) mass is 489 g/mol. The summed E-state index contributed by atoms with van der Waals surface area (Å²) in [5.41, 5.74) is 2.10. The molecule has 1 amide bonds. The SMILES string of the molecule is CN=C(C)c1ccc(C(=O)Cc2ccc(OC(F)(F)F)cc2C(=O)Nc2ccc(Cl)cn2)cc1. The molecule has 6 nitrogen and oxygen atoms in total. The van der Waals surface area contributed by atoms with Gasteiger partial charge in [0.15, 0.2) is 5.78 Å². The Balaban J connectivity index is 1.89. The van der Waals surface area contributed by atoms with Gasteiger partial charge in [0.25, 0.3) is 5.91 Å². The minimum absolute atomic E-state index is 0.136. The molecule has 176 valence electrons. The number of carbonyl (C=O) groups is 2. The predicted molar refractivity (Wildman–Crippen MR) is 123 cm³/mol. The smallest absolute Gasteiger partial charge is 0.406 e. The van der Waals surface area contributed by atoms with Crippen molar-refractivity contribution in [3.05, 3.63) is 88.1 Å². The van der Waals surface area contributed by atoms with Crippen molar-refractivity contribution in [2.24, 2.45) is 4.99 Å². The lowest BCUT2D eigenvalue weighted by Gasteiger charge is -2.14. The van der Waals surface area contributed by atoms with Gasteiger partial charge in [-0.05, 0) is 42.3 Å². The van der Waals surface area contributed by atoms with Crippen molar-refractivity contribution in [3.8, 4) is 5.75 Å². The summed E-state index contributed by atoms with van der Waals surface area (Å²) in [6.45, 7) is 1.84. The maximum atomic E-state index is 12.9. The molecule has 1 N–H and O–H groups in total. The molecule has 2 aromatic carbocycles. The first-order valence-electron chi connectivity index (χ1n) is 9.94. The number of carbonyl (C=O) groups excluding carboxylic acids is 2. The van der Waals surface area contributed by atoms with Gasteiger partial charge >= 0.3 is 6.36 Å². The summed E-state index contributed by atoms with van der Waals surface area (Å²) in [7, 11) is 1.66. The average molecular weight is 490 g/mol. The Labute approximate surface area is 198 Å². The van der Waals surface area contributed by atoms with Gasteiger partial charge in [0.2, 0.25) is 0 Å². The Kier molecular flexibility index (Phi) is 7.68. The molecule has 34 heavy (non-hydrogen) atoms. The number of rotatable bonds is 7. The quantitative estimate of drug-likeness (QED) is 0.338. The highest BCUT2D eigenvalue weighted by atomic mass is 35.5. The molecular formula is C24H19ClF3N3O3. The number of aromatic nitrogens is 1. The number of ketones is 1.